The monoisotopic (exact) mass is 262 g/mol. The molecular weight excluding hydrogens is 240 g/mol. The first kappa shape index (κ1) is 13.7. The molecule has 0 radical (unpaired) electrons. The van der Waals surface area contributed by atoms with Crippen molar-refractivity contribution in [3.05, 3.63) is 23.8 Å². The summed E-state index contributed by atoms with van der Waals surface area (Å²) in [6, 6.07) is 5.71. The Hall–Kier alpha value is -1.75. The predicted molar refractivity (Wildman–Crippen MR) is 78.3 cm³/mol. The molecule has 0 aromatic heterocycles. The smallest absolute Gasteiger partial charge is 0.250 e. The number of carbonyl (C=O) groups is 1. The van der Waals surface area contributed by atoms with Crippen LogP contribution in [-0.4, -0.2) is 44.0 Å². The third kappa shape index (κ3) is 2.98. The number of nitrogens with two attached hydrogens (primary N) is 2. The number of amides is 1. The van der Waals surface area contributed by atoms with Gasteiger partial charge in [-0.25, -0.2) is 0 Å². The number of carbonyl (C=O) groups excluding carboxylic acids is 1. The molecule has 1 aromatic rings. The molecule has 0 spiro atoms. The minimum atomic E-state index is -0.398. The highest BCUT2D eigenvalue weighted by molar-refractivity contribution is 5.99. The van der Waals surface area contributed by atoms with Gasteiger partial charge in [-0.15, -0.1) is 0 Å². The summed E-state index contributed by atoms with van der Waals surface area (Å²) in [6.45, 7) is 1.91. The number of nitrogen functional groups attached to an aromatic ring is 1. The second-order valence-corrected chi connectivity index (χ2v) is 5.39. The summed E-state index contributed by atoms with van der Waals surface area (Å²) >= 11 is 0. The lowest BCUT2D eigenvalue weighted by Gasteiger charge is -2.30. The van der Waals surface area contributed by atoms with Crippen LogP contribution in [0.15, 0.2) is 18.2 Å². The fourth-order valence-electron chi connectivity index (χ4n) is 2.76. The highest BCUT2D eigenvalue weighted by Gasteiger charge is 2.27. The molecule has 1 unspecified atom stereocenters. The van der Waals surface area contributed by atoms with Gasteiger partial charge in [0.25, 0.3) is 5.91 Å². The summed E-state index contributed by atoms with van der Waals surface area (Å²) in [5, 5.41) is 0. The van der Waals surface area contributed by atoms with E-state index in [9.17, 15) is 4.79 Å². The topological polar surface area (TPSA) is 75.6 Å². The maximum absolute atomic E-state index is 11.6. The number of likely N-dealkylation sites (N-methyl/N-ethyl adjacent to an activating group) is 1. The van der Waals surface area contributed by atoms with Crippen LogP contribution in [0, 0.1) is 0 Å². The first-order valence-electron chi connectivity index (χ1n) is 6.59. The Balaban J connectivity index is 2.34. The summed E-state index contributed by atoms with van der Waals surface area (Å²) in [6.07, 6.45) is 2.26. The van der Waals surface area contributed by atoms with Crippen molar-refractivity contribution in [3.8, 4) is 0 Å². The Morgan fingerprint density at radius 2 is 2.21 bits per heavy atom. The number of hydrogen-bond acceptors (Lipinski definition) is 4. The van der Waals surface area contributed by atoms with Crippen molar-refractivity contribution in [1.29, 1.82) is 0 Å². The lowest BCUT2D eigenvalue weighted by molar-refractivity contribution is 0.100. The molecule has 4 N–H and O–H groups in total. The maximum atomic E-state index is 11.6. The average Bonchev–Trinajstić information content (AvgIpc) is 2.75. The molecule has 0 aliphatic carbocycles. The van der Waals surface area contributed by atoms with Gasteiger partial charge in [0.15, 0.2) is 0 Å². The molecule has 1 aromatic carbocycles. The van der Waals surface area contributed by atoms with Crippen LogP contribution in [-0.2, 0) is 0 Å². The van der Waals surface area contributed by atoms with Crippen LogP contribution < -0.4 is 16.4 Å². The zero-order chi connectivity index (χ0) is 14.0. The van der Waals surface area contributed by atoms with E-state index in [0.717, 1.165) is 31.6 Å². The molecule has 2 rings (SSSR count). The maximum Gasteiger partial charge on any atom is 0.250 e. The molecule has 19 heavy (non-hydrogen) atoms. The molecule has 1 amide bonds. The van der Waals surface area contributed by atoms with Crippen LogP contribution in [0.25, 0.3) is 0 Å². The molecule has 1 aliphatic rings. The summed E-state index contributed by atoms with van der Waals surface area (Å²) in [7, 11) is 4.12. The number of hydrogen-bond donors (Lipinski definition) is 2. The molecule has 104 valence electrons. The first-order chi connectivity index (χ1) is 8.99. The molecule has 1 saturated heterocycles. The number of rotatable bonds is 4. The molecule has 0 saturated carbocycles. The average molecular weight is 262 g/mol. The van der Waals surface area contributed by atoms with Gasteiger partial charge in [-0.3, -0.25) is 4.79 Å². The van der Waals surface area contributed by atoms with Crippen LogP contribution in [0.4, 0.5) is 11.4 Å². The highest BCUT2D eigenvalue weighted by atomic mass is 16.1. The van der Waals surface area contributed by atoms with Gasteiger partial charge in [0.1, 0.15) is 0 Å². The fourth-order valence-corrected chi connectivity index (χ4v) is 2.76. The number of anilines is 2. The molecule has 1 fully saturated rings. The number of primary amides is 1. The van der Waals surface area contributed by atoms with Gasteiger partial charge < -0.3 is 21.3 Å². The van der Waals surface area contributed by atoms with Gasteiger partial charge in [-0.2, -0.15) is 0 Å². The van der Waals surface area contributed by atoms with Crippen molar-refractivity contribution in [2.24, 2.45) is 5.73 Å². The summed E-state index contributed by atoms with van der Waals surface area (Å²) < 4.78 is 0. The van der Waals surface area contributed by atoms with E-state index < -0.39 is 5.91 Å². The van der Waals surface area contributed by atoms with Gasteiger partial charge in [0, 0.05) is 24.8 Å². The van der Waals surface area contributed by atoms with Gasteiger partial charge in [0.05, 0.1) is 11.3 Å². The van der Waals surface area contributed by atoms with E-state index in [0.29, 0.717) is 17.3 Å². The van der Waals surface area contributed by atoms with Crippen LogP contribution in [0.1, 0.15) is 23.2 Å². The van der Waals surface area contributed by atoms with Crippen molar-refractivity contribution in [3.63, 3.8) is 0 Å². The summed E-state index contributed by atoms with van der Waals surface area (Å²) in [4.78, 5) is 16.0. The number of nitrogens with zero attached hydrogens (tertiary/aromatic N) is 2. The Morgan fingerprint density at radius 1 is 1.47 bits per heavy atom. The highest BCUT2D eigenvalue weighted by Crippen LogP contribution is 2.30. The molecule has 1 aliphatic heterocycles. The van der Waals surface area contributed by atoms with Crippen molar-refractivity contribution in [2.45, 2.75) is 18.9 Å². The van der Waals surface area contributed by atoms with Crippen LogP contribution in [0.5, 0.6) is 0 Å². The largest absolute Gasteiger partial charge is 0.399 e. The molecule has 5 heteroatoms. The molecular formula is C14H22N4O. The van der Waals surface area contributed by atoms with Gasteiger partial charge in [-0.1, -0.05) is 0 Å². The molecule has 1 atom stereocenters. The molecule has 1 heterocycles. The van der Waals surface area contributed by atoms with Crippen molar-refractivity contribution < 1.29 is 4.79 Å². The van der Waals surface area contributed by atoms with E-state index in [4.69, 9.17) is 11.5 Å². The van der Waals surface area contributed by atoms with Crippen LogP contribution in [0.3, 0.4) is 0 Å². The second-order valence-electron chi connectivity index (χ2n) is 5.39. The molecule has 0 bridgehead atoms. The standard InChI is InChI=1S/C14H22N4O/c1-17(2)9-11-4-3-7-18(11)13-8-10(15)5-6-12(13)14(16)19/h5-6,8,11H,3-4,7,9,15H2,1-2H3,(H2,16,19). The Labute approximate surface area is 114 Å². The lowest BCUT2D eigenvalue weighted by Crippen LogP contribution is -2.38. The van der Waals surface area contributed by atoms with Crippen LogP contribution in [0.2, 0.25) is 0 Å². The zero-order valence-electron chi connectivity index (χ0n) is 11.6. The van der Waals surface area contributed by atoms with E-state index in [1.807, 2.05) is 6.07 Å². The van der Waals surface area contributed by atoms with E-state index in [1.54, 1.807) is 12.1 Å². The van der Waals surface area contributed by atoms with Crippen LogP contribution >= 0.6 is 0 Å². The van der Waals surface area contributed by atoms with E-state index in [-0.39, 0.29) is 0 Å². The Morgan fingerprint density at radius 3 is 2.84 bits per heavy atom. The Bertz CT molecular complexity index is 473. The minimum absolute atomic E-state index is 0.398. The SMILES string of the molecule is CN(C)CC1CCCN1c1cc(N)ccc1C(N)=O. The summed E-state index contributed by atoms with van der Waals surface area (Å²) in [5.41, 5.74) is 13.4. The van der Waals surface area contributed by atoms with Gasteiger partial charge in [-0.05, 0) is 45.1 Å². The minimum Gasteiger partial charge on any atom is -0.399 e. The van der Waals surface area contributed by atoms with Crippen molar-refractivity contribution in [1.82, 2.24) is 4.90 Å². The van der Waals surface area contributed by atoms with Gasteiger partial charge in [0.2, 0.25) is 0 Å². The number of benzene rings is 1. The van der Waals surface area contributed by atoms with Gasteiger partial charge >= 0.3 is 0 Å². The summed E-state index contributed by atoms with van der Waals surface area (Å²) in [5.74, 6) is -0.398. The third-order valence-corrected chi connectivity index (χ3v) is 3.55. The fraction of sp³-hybridized carbons (Fsp3) is 0.500. The van der Waals surface area contributed by atoms with E-state index >= 15 is 0 Å². The first-order valence-corrected chi connectivity index (χ1v) is 6.59. The zero-order valence-corrected chi connectivity index (χ0v) is 11.6. The molecule has 5 nitrogen and oxygen atoms in total. The van der Waals surface area contributed by atoms with Crippen molar-refractivity contribution >= 4 is 17.3 Å². The normalized spacial score (nSPS) is 19.1. The van der Waals surface area contributed by atoms with E-state index in [1.165, 1.54) is 0 Å². The quantitative estimate of drug-likeness (QED) is 0.790. The Kier molecular flexibility index (Phi) is 3.95. The van der Waals surface area contributed by atoms with Crippen molar-refractivity contribution in [2.75, 3.05) is 37.8 Å². The lowest BCUT2D eigenvalue weighted by atomic mass is 10.1. The third-order valence-electron chi connectivity index (χ3n) is 3.55. The second kappa shape index (κ2) is 5.48. The van der Waals surface area contributed by atoms with E-state index in [2.05, 4.69) is 23.9 Å². The predicted octanol–water partition coefficient (Wildman–Crippen LogP) is 0.898.